The molecular formula is C16H22ClN3. The van der Waals surface area contributed by atoms with E-state index >= 15 is 0 Å². The minimum absolute atomic E-state index is 0.294. The molecule has 1 heterocycles. The molecule has 20 heavy (non-hydrogen) atoms. The molecule has 3 nitrogen and oxygen atoms in total. The molecule has 0 saturated heterocycles. The number of hydrogen-bond acceptors (Lipinski definition) is 2. The molecule has 108 valence electrons. The molecule has 0 fully saturated rings. The molecule has 0 amide bonds. The summed E-state index contributed by atoms with van der Waals surface area (Å²) in [5, 5.41) is 8.71. The fourth-order valence-electron chi connectivity index (χ4n) is 2.20. The Kier molecular flexibility index (Phi) is 5.07. The third kappa shape index (κ3) is 3.76. The normalized spacial score (nSPS) is 12.7. The van der Waals surface area contributed by atoms with Gasteiger partial charge >= 0.3 is 0 Å². The van der Waals surface area contributed by atoms with Crippen molar-refractivity contribution in [3.05, 3.63) is 47.2 Å². The van der Waals surface area contributed by atoms with Crippen LogP contribution in [0.25, 0.3) is 0 Å². The standard InChI is InChI=1S/C16H22ClN3/c1-4-5-16(13-6-8-14(17)9-7-13)19-15-10-18-20(11-15)12(2)3/h6-12,16,19H,4-5H2,1-3H3. The Morgan fingerprint density at radius 1 is 1.25 bits per heavy atom. The molecule has 1 atom stereocenters. The minimum Gasteiger partial charge on any atom is -0.376 e. The number of rotatable bonds is 6. The van der Waals surface area contributed by atoms with E-state index in [1.165, 1.54) is 5.56 Å². The van der Waals surface area contributed by atoms with Crippen LogP contribution < -0.4 is 5.32 Å². The number of nitrogens with zero attached hydrogens (tertiary/aromatic N) is 2. The molecule has 1 N–H and O–H groups in total. The fraction of sp³-hybridized carbons (Fsp3) is 0.438. The van der Waals surface area contributed by atoms with Crippen LogP contribution in [0, 0.1) is 0 Å². The number of benzene rings is 1. The Morgan fingerprint density at radius 2 is 1.95 bits per heavy atom. The second-order valence-corrected chi connectivity index (χ2v) is 5.78. The lowest BCUT2D eigenvalue weighted by Crippen LogP contribution is -2.10. The molecule has 0 aliphatic heterocycles. The van der Waals surface area contributed by atoms with Gasteiger partial charge in [-0.2, -0.15) is 5.10 Å². The van der Waals surface area contributed by atoms with Crippen LogP contribution in [0.5, 0.6) is 0 Å². The quantitative estimate of drug-likeness (QED) is 0.805. The van der Waals surface area contributed by atoms with E-state index < -0.39 is 0 Å². The number of anilines is 1. The monoisotopic (exact) mass is 291 g/mol. The van der Waals surface area contributed by atoms with E-state index in [9.17, 15) is 0 Å². The van der Waals surface area contributed by atoms with Crippen LogP contribution in [-0.2, 0) is 0 Å². The first-order valence-electron chi connectivity index (χ1n) is 7.16. The van der Waals surface area contributed by atoms with Gasteiger partial charge in [-0.25, -0.2) is 0 Å². The summed E-state index contributed by atoms with van der Waals surface area (Å²) in [5.41, 5.74) is 2.32. The number of halogens is 1. The summed E-state index contributed by atoms with van der Waals surface area (Å²) in [6, 6.07) is 8.73. The van der Waals surface area contributed by atoms with E-state index in [4.69, 9.17) is 11.6 Å². The Labute approximate surface area is 126 Å². The molecule has 0 bridgehead atoms. The van der Waals surface area contributed by atoms with Crippen LogP contribution in [0.2, 0.25) is 5.02 Å². The van der Waals surface area contributed by atoms with Crippen LogP contribution >= 0.6 is 11.6 Å². The summed E-state index contributed by atoms with van der Waals surface area (Å²) >= 11 is 5.96. The summed E-state index contributed by atoms with van der Waals surface area (Å²) in [7, 11) is 0. The van der Waals surface area contributed by atoms with Crippen LogP contribution in [0.15, 0.2) is 36.7 Å². The highest BCUT2D eigenvalue weighted by Gasteiger charge is 2.12. The SMILES string of the molecule is CCCC(Nc1cnn(C(C)C)c1)c1ccc(Cl)cc1. The molecule has 2 aromatic rings. The van der Waals surface area contributed by atoms with Gasteiger partial charge in [0.2, 0.25) is 0 Å². The zero-order chi connectivity index (χ0) is 14.5. The van der Waals surface area contributed by atoms with E-state index in [-0.39, 0.29) is 0 Å². The zero-order valence-electron chi connectivity index (χ0n) is 12.3. The lowest BCUT2D eigenvalue weighted by molar-refractivity contribution is 0.532. The van der Waals surface area contributed by atoms with Crippen molar-refractivity contribution in [2.24, 2.45) is 0 Å². The summed E-state index contributed by atoms with van der Waals surface area (Å²) in [6.45, 7) is 6.45. The molecule has 1 unspecified atom stereocenters. The molecule has 4 heteroatoms. The number of nitrogens with one attached hydrogen (secondary N) is 1. The first-order chi connectivity index (χ1) is 9.60. The third-order valence-corrected chi connectivity index (χ3v) is 3.57. The second kappa shape index (κ2) is 6.80. The maximum absolute atomic E-state index is 5.96. The van der Waals surface area contributed by atoms with Gasteiger partial charge in [-0.1, -0.05) is 37.1 Å². The van der Waals surface area contributed by atoms with E-state index in [1.807, 2.05) is 23.0 Å². The van der Waals surface area contributed by atoms with Gasteiger partial charge in [0, 0.05) is 17.3 Å². The van der Waals surface area contributed by atoms with Gasteiger partial charge in [-0.15, -0.1) is 0 Å². The van der Waals surface area contributed by atoms with Crippen LogP contribution in [0.4, 0.5) is 5.69 Å². The lowest BCUT2D eigenvalue weighted by atomic mass is 10.0. The van der Waals surface area contributed by atoms with Gasteiger partial charge in [-0.05, 0) is 38.0 Å². The van der Waals surface area contributed by atoms with Crippen molar-refractivity contribution < 1.29 is 0 Å². The van der Waals surface area contributed by atoms with Crippen LogP contribution in [0.1, 0.15) is 51.3 Å². The van der Waals surface area contributed by atoms with E-state index in [2.05, 4.69) is 49.5 Å². The van der Waals surface area contributed by atoms with Crippen molar-refractivity contribution >= 4 is 17.3 Å². The molecule has 0 aliphatic rings. The van der Waals surface area contributed by atoms with E-state index in [0.29, 0.717) is 12.1 Å². The maximum Gasteiger partial charge on any atom is 0.0731 e. The zero-order valence-corrected chi connectivity index (χ0v) is 13.1. The van der Waals surface area contributed by atoms with Crippen molar-refractivity contribution in [1.82, 2.24) is 9.78 Å². The fourth-order valence-corrected chi connectivity index (χ4v) is 2.33. The van der Waals surface area contributed by atoms with Crippen molar-refractivity contribution in [3.8, 4) is 0 Å². The van der Waals surface area contributed by atoms with Gasteiger partial charge in [-0.3, -0.25) is 4.68 Å². The lowest BCUT2D eigenvalue weighted by Gasteiger charge is -2.18. The summed E-state index contributed by atoms with van der Waals surface area (Å²) in [4.78, 5) is 0. The smallest absolute Gasteiger partial charge is 0.0731 e. The predicted molar refractivity (Wildman–Crippen MR) is 85.3 cm³/mol. The first kappa shape index (κ1) is 14.9. The Balaban J connectivity index is 2.14. The Morgan fingerprint density at radius 3 is 2.50 bits per heavy atom. The minimum atomic E-state index is 0.294. The van der Waals surface area contributed by atoms with Crippen LogP contribution in [-0.4, -0.2) is 9.78 Å². The second-order valence-electron chi connectivity index (χ2n) is 5.34. The van der Waals surface area contributed by atoms with Gasteiger partial charge in [0.25, 0.3) is 0 Å². The molecule has 1 aromatic heterocycles. The van der Waals surface area contributed by atoms with Crippen molar-refractivity contribution in [2.75, 3.05) is 5.32 Å². The van der Waals surface area contributed by atoms with Crippen molar-refractivity contribution in [1.29, 1.82) is 0 Å². The molecular weight excluding hydrogens is 270 g/mol. The Bertz CT molecular complexity index is 531. The van der Waals surface area contributed by atoms with E-state index in [0.717, 1.165) is 23.6 Å². The van der Waals surface area contributed by atoms with Gasteiger partial charge in [0.1, 0.15) is 0 Å². The van der Waals surface area contributed by atoms with Gasteiger partial charge in [0.15, 0.2) is 0 Å². The van der Waals surface area contributed by atoms with Crippen LogP contribution in [0.3, 0.4) is 0 Å². The highest BCUT2D eigenvalue weighted by Crippen LogP contribution is 2.25. The topological polar surface area (TPSA) is 29.9 Å². The van der Waals surface area contributed by atoms with Crippen molar-refractivity contribution in [2.45, 2.75) is 45.7 Å². The molecule has 0 radical (unpaired) electrons. The van der Waals surface area contributed by atoms with Gasteiger partial charge < -0.3 is 5.32 Å². The molecule has 0 aliphatic carbocycles. The van der Waals surface area contributed by atoms with Gasteiger partial charge in [0.05, 0.1) is 17.9 Å². The average molecular weight is 292 g/mol. The first-order valence-corrected chi connectivity index (χ1v) is 7.54. The number of aromatic nitrogens is 2. The molecule has 0 spiro atoms. The predicted octanol–water partition coefficient (Wildman–Crippen LogP) is 5.07. The maximum atomic E-state index is 5.96. The molecule has 2 rings (SSSR count). The number of hydrogen-bond donors (Lipinski definition) is 1. The highest BCUT2D eigenvalue weighted by atomic mass is 35.5. The highest BCUT2D eigenvalue weighted by molar-refractivity contribution is 6.30. The van der Waals surface area contributed by atoms with Crippen molar-refractivity contribution in [3.63, 3.8) is 0 Å². The largest absolute Gasteiger partial charge is 0.376 e. The van der Waals surface area contributed by atoms with E-state index in [1.54, 1.807) is 0 Å². The summed E-state index contributed by atoms with van der Waals surface area (Å²) in [6.07, 6.45) is 6.15. The summed E-state index contributed by atoms with van der Waals surface area (Å²) in [5.74, 6) is 0. The molecule has 0 saturated carbocycles. The Hall–Kier alpha value is -1.48. The average Bonchev–Trinajstić information content (AvgIpc) is 2.88. The summed E-state index contributed by atoms with van der Waals surface area (Å²) < 4.78 is 1.97. The molecule has 1 aromatic carbocycles. The third-order valence-electron chi connectivity index (χ3n) is 3.32.